The van der Waals surface area contributed by atoms with Crippen LogP contribution in [-0.4, -0.2) is 48.9 Å². The molecule has 196 valence electrons. The number of benzene rings is 1. The molecule has 0 aliphatic carbocycles. The van der Waals surface area contributed by atoms with Gasteiger partial charge < -0.3 is 19.7 Å². The van der Waals surface area contributed by atoms with E-state index in [0.29, 0.717) is 5.69 Å². The van der Waals surface area contributed by atoms with Gasteiger partial charge in [-0.25, -0.2) is 18.7 Å². The highest BCUT2D eigenvalue weighted by Crippen LogP contribution is 2.34. The summed E-state index contributed by atoms with van der Waals surface area (Å²) in [5.41, 5.74) is -2.73. The number of carboxylic acids is 1. The van der Waals surface area contributed by atoms with Crippen molar-refractivity contribution in [3.8, 4) is 0 Å². The molecular weight excluding hydrogens is 536 g/mol. The van der Waals surface area contributed by atoms with E-state index in [1.54, 1.807) is 0 Å². The number of hydrogen-bond donors (Lipinski definition) is 2. The number of halogens is 5. The van der Waals surface area contributed by atoms with Crippen LogP contribution >= 0.6 is 11.6 Å². The van der Waals surface area contributed by atoms with Crippen molar-refractivity contribution in [1.82, 2.24) is 24.1 Å². The number of anilines is 2. The Hall–Kier alpha value is -4.30. The highest BCUT2D eigenvalue weighted by Gasteiger charge is 2.35. The highest BCUT2D eigenvalue weighted by molar-refractivity contribution is 6.31. The number of alkyl halides is 3. The summed E-state index contributed by atoms with van der Waals surface area (Å²) in [5, 5.41) is 16.2. The second-order valence-electron chi connectivity index (χ2n) is 8.08. The number of fused-ring (bicyclic) bond motifs is 6. The van der Waals surface area contributed by atoms with E-state index in [-0.39, 0.29) is 51.6 Å². The summed E-state index contributed by atoms with van der Waals surface area (Å²) in [6, 6.07) is 5.55. The van der Waals surface area contributed by atoms with E-state index >= 15 is 0 Å². The summed E-state index contributed by atoms with van der Waals surface area (Å²) in [7, 11) is 1.36. The highest BCUT2D eigenvalue weighted by atomic mass is 35.5. The summed E-state index contributed by atoms with van der Waals surface area (Å²) >= 11 is 5.81. The summed E-state index contributed by atoms with van der Waals surface area (Å²) in [4.78, 5) is 33.3. The van der Waals surface area contributed by atoms with Crippen LogP contribution in [0.3, 0.4) is 0 Å². The number of nitrogens with one attached hydrogen (secondary N) is 1. The third-order valence-electron chi connectivity index (χ3n) is 5.72. The molecule has 2 N–H and O–H groups in total. The first kappa shape index (κ1) is 25.4. The fraction of sp³-hybridized carbons (Fsp3) is 0.174. The van der Waals surface area contributed by atoms with Crippen LogP contribution in [0.2, 0.25) is 5.02 Å². The van der Waals surface area contributed by atoms with Crippen molar-refractivity contribution in [2.45, 2.75) is 12.7 Å². The van der Waals surface area contributed by atoms with E-state index in [1.807, 2.05) is 0 Å². The largest absolute Gasteiger partial charge is 0.477 e. The number of pyridine rings is 2. The Morgan fingerprint density at radius 2 is 1.97 bits per heavy atom. The fourth-order valence-electron chi connectivity index (χ4n) is 4.03. The number of rotatable bonds is 6. The normalized spacial score (nSPS) is 12.1. The van der Waals surface area contributed by atoms with Crippen LogP contribution in [-0.2, 0) is 17.5 Å². The van der Waals surface area contributed by atoms with Crippen LogP contribution in [0.15, 0.2) is 41.3 Å². The molecule has 4 heterocycles. The third kappa shape index (κ3) is 4.26. The lowest BCUT2D eigenvalue weighted by atomic mass is 10.1. The Morgan fingerprint density at radius 1 is 1.21 bits per heavy atom. The van der Waals surface area contributed by atoms with Crippen molar-refractivity contribution in [1.29, 1.82) is 0 Å². The third-order valence-corrected chi connectivity index (χ3v) is 6.01. The first-order valence-electron chi connectivity index (χ1n) is 10.8. The van der Waals surface area contributed by atoms with Gasteiger partial charge in [0.1, 0.15) is 11.4 Å². The molecule has 0 spiro atoms. The van der Waals surface area contributed by atoms with Gasteiger partial charge in [-0.2, -0.15) is 23.3 Å². The molecule has 0 amide bonds. The van der Waals surface area contributed by atoms with Gasteiger partial charge in [-0.1, -0.05) is 11.6 Å². The average molecular weight is 551 g/mol. The lowest BCUT2D eigenvalue weighted by Crippen LogP contribution is -2.28. The van der Waals surface area contributed by atoms with Crippen molar-refractivity contribution < 1.29 is 32.2 Å². The van der Waals surface area contributed by atoms with Gasteiger partial charge in [0.2, 0.25) is 5.95 Å². The lowest BCUT2D eigenvalue weighted by Gasteiger charge is -2.15. The number of aromatic carboxylic acids is 1. The SMILES string of the molecule is COCCn1c(=O)c(C(=O)O)cc2c3cnc(Nc4ccc(F)c(Cl)c4)nc3n3nc(C(F)(F)F)cc3c21. The molecule has 0 aliphatic heterocycles. The topological polar surface area (TPSA) is 124 Å². The summed E-state index contributed by atoms with van der Waals surface area (Å²) in [6.45, 7) is -0.172. The monoisotopic (exact) mass is 550 g/mol. The van der Waals surface area contributed by atoms with E-state index in [1.165, 1.54) is 25.4 Å². The minimum atomic E-state index is -4.83. The van der Waals surface area contributed by atoms with Crippen LogP contribution in [0, 0.1) is 5.82 Å². The van der Waals surface area contributed by atoms with Crippen molar-refractivity contribution in [2.75, 3.05) is 19.0 Å². The molecule has 10 nitrogen and oxygen atoms in total. The Balaban J connectivity index is 1.87. The molecule has 1 aromatic carbocycles. The van der Waals surface area contributed by atoms with Crippen LogP contribution in [0.1, 0.15) is 16.1 Å². The van der Waals surface area contributed by atoms with E-state index in [9.17, 15) is 32.3 Å². The maximum absolute atomic E-state index is 13.7. The predicted molar refractivity (Wildman–Crippen MR) is 129 cm³/mol. The van der Waals surface area contributed by atoms with Gasteiger partial charge in [0.25, 0.3) is 5.56 Å². The molecule has 0 radical (unpaired) electrons. The zero-order valence-electron chi connectivity index (χ0n) is 19.2. The molecule has 0 unspecified atom stereocenters. The minimum Gasteiger partial charge on any atom is -0.477 e. The standard InChI is InChI=1S/C23H15ClF4N6O4/c1-38-5-4-33-18-11(7-12(20(33)35)21(36)37)13-9-29-22(30-10-2-3-15(25)14(24)6-10)31-19(13)34-16(18)8-17(32-34)23(26,27)28/h2-3,6-9H,4-5H2,1H3,(H,36,37)(H,29,30,31). The van der Waals surface area contributed by atoms with Crippen LogP contribution < -0.4 is 10.9 Å². The van der Waals surface area contributed by atoms with Gasteiger partial charge in [0, 0.05) is 36.3 Å². The Morgan fingerprint density at radius 3 is 2.63 bits per heavy atom. The number of hydrogen-bond acceptors (Lipinski definition) is 7. The van der Waals surface area contributed by atoms with Gasteiger partial charge in [-0.3, -0.25) is 4.79 Å². The molecule has 4 aromatic heterocycles. The summed E-state index contributed by atoms with van der Waals surface area (Å²) in [6.07, 6.45) is -3.58. The van der Waals surface area contributed by atoms with E-state index in [4.69, 9.17) is 16.3 Å². The molecular formula is C23H15ClF4N6O4. The van der Waals surface area contributed by atoms with Crippen molar-refractivity contribution >= 4 is 56.7 Å². The molecule has 5 rings (SSSR count). The lowest BCUT2D eigenvalue weighted by molar-refractivity contribution is -0.141. The molecule has 15 heteroatoms. The van der Waals surface area contributed by atoms with Gasteiger partial charge in [0.15, 0.2) is 11.3 Å². The molecule has 0 saturated carbocycles. The van der Waals surface area contributed by atoms with Gasteiger partial charge >= 0.3 is 12.1 Å². The molecule has 0 atom stereocenters. The number of methoxy groups -OCH3 is 1. The Kier molecular flexibility index (Phi) is 6.15. The second-order valence-corrected chi connectivity index (χ2v) is 8.49. The number of carbonyl (C=O) groups is 1. The fourth-order valence-corrected chi connectivity index (χ4v) is 4.22. The quantitative estimate of drug-likeness (QED) is 0.234. The van der Waals surface area contributed by atoms with Crippen molar-refractivity contribution in [3.05, 3.63) is 69.0 Å². The van der Waals surface area contributed by atoms with E-state index in [2.05, 4.69) is 20.4 Å². The summed E-state index contributed by atoms with van der Waals surface area (Å²) < 4.78 is 61.5. The van der Waals surface area contributed by atoms with E-state index < -0.39 is 34.8 Å². The first-order chi connectivity index (χ1) is 18.0. The number of nitrogens with zero attached hydrogens (tertiary/aromatic N) is 5. The Bertz CT molecular complexity index is 1820. The average Bonchev–Trinajstić information content (AvgIpc) is 3.32. The molecule has 0 saturated heterocycles. The second kappa shape index (κ2) is 9.22. The van der Waals surface area contributed by atoms with Crippen molar-refractivity contribution in [3.63, 3.8) is 0 Å². The van der Waals surface area contributed by atoms with Crippen LogP contribution in [0.4, 0.5) is 29.2 Å². The number of carboxylic acid groups (broad SMARTS) is 1. The number of aromatic nitrogens is 5. The maximum Gasteiger partial charge on any atom is 0.435 e. The Labute approximate surface area is 214 Å². The molecule has 0 bridgehead atoms. The van der Waals surface area contributed by atoms with Crippen molar-refractivity contribution in [2.24, 2.45) is 0 Å². The minimum absolute atomic E-state index is 0.00201. The maximum atomic E-state index is 13.7. The smallest absolute Gasteiger partial charge is 0.435 e. The van der Waals surface area contributed by atoms with Gasteiger partial charge in [-0.05, 0) is 30.3 Å². The summed E-state index contributed by atoms with van der Waals surface area (Å²) in [5.74, 6) is -2.26. The molecule has 38 heavy (non-hydrogen) atoms. The zero-order chi connectivity index (χ0) is 27.4. The first-order valence-corrected chi connectivity index (χ1v) is 11.1. The van der Waals surface area contributed by atoms with Gasteiger partial charge in [-0.15, -0.1) is 0 Å². The molecule has 5 aromatic rings. The van der Waals surface area contributed by atoms with E-state index in [0.717, 1.165) is 27.3 Å². The van der Waals surface area contributed by atoms with Crippen LogP contribution in [0.5, 0.6) is 0 Å². The van der Waals surface area contributed by atoms with Crippen LogP contribution in [0.25, 0.3) is 27.5 Å². The zero-order valence-corrected chi connectivity index (χ0v) is 19.9. The molecule has 0 aliphatic rings. The predicted octanol–water partition coefficient (Wildman–Crippen LogP) is 4.49. The van der Waals surface area contributed by atoms with Gasteiger partial charge in [0.05, 0.1) is 22.7 Å². The number of ether oxygens (including phenoxy) is 1. The molecule has 0 fully saturated rings.